The third-order valence-electron chi connectivity index (χ3n) is 5.34. The third-order valence-corrected chi connectivity index (χ3v) is 5.34. The number of Topliss-reactive ketones (excluding diaryl/α,β-unsaturated/α-hetero) is 1. The van der Waals surface area contributed by atoms with Crippen LogP contribution < -0.4 is 4.90 Å². The molecular formula is C20H23N3O2. The molecule has 130 valence electrons. The molecule has 0 atom stereocenters. The van der Waals surface area contributed by atoms with Gasteiger partial charge in [0.2, 0.25) is 0 Å². The normalized spacial score (nSPS) is 17.6. The summed E-state index contributed by atoms with van der Waals surface area (Å²) in [6.07, 6.45) is 2.32. The lowest BCUT2D eigenvalue weighted by Crippen LogP contribution is -2.49. The van der Waals surface area contributed by atoms with Crippen molar-refractivity contribution in [2.75, 3.05) is 31.1 Å². The van der Waals surface area contributed by atoms with Gasteiger partial charge in [-0.25, -0.2) is 0 Å². The summed E-state index contributed by atoms with van der Waals surface area (Å²) in [5, 5.41) is 0. The molecule has 0 spiro atoms. The first kappa shape index (κ1) is 15.9. The van der Waals surface area contributed by atoms with Gasteiger partial charge in [-0.1, -0.05) is 18.2 Å². The maximum absolute atomic E-state index is 13.0. The Morgan fingerprint density at radius 3 is 2.44 bits per heavy atom. The number of aryl methyl sites for hydroxylation is 1. The molecule has 1 aromatic carbocycles. The van der Waals surface area contributed by atoms with Crippen LogP contribution in [0.3, 0.4) is 0 Å². The van der Waals surface area contributed by atoms with Crippen LogP contribution in [0, 0.1) is 6.92 Å². The highest BCUT2D eigenvalue weighted by atomic mass is 16.2. The van der Waals surface area contributed by atoms with Crippen LogP contribution in [0.5, 0.6) is 0 Å². The number of hydrogen-bond donors (Lipinski definition) is 1. The Morgan fingerprint density at radius 1 is 1.04 bits per heavy atom. The molecule has 4 rings (SSSR count). The van der Waals surface area contributed by atoms with Crippen molar-refractivity contribution in [1.29, 1.82) is 0 Å². The predicted octanol–water partition coefficient (Wildman–Crippen LogP) is 2.80. The lowest BCUT2D eigenvalue weighted by molar-refractivity contribution is 0.0740. The van der Waals surface area contributed by atoms with E-state index in [4.69, 9.17) is 0 Å². The van der Waals surface area contributed by atoms with Crippen LogP contribution in [-0.2, 0) is 6.42 Å². The van der Waals surface area contributed by atoms with Crippen LogP contribution in [0.4, 0.5) is 5.69 Å². The zero-order valence-electron chi connectivity index (χ0n) is 14.5. The molecule has 5 heteroatoms. The SMILES string of the molecule is Cc1c(C(=O)N2CCN(c3ccccc3)CC2)[nH]c2c1C(=O)CCC2. The fraction of sp³-hybridized carbons (Fsp3) is 0.400. The molecular weight excluding hydrogens is 314 g/mol. The van der Waals surface area contributed by atoms with Crippen LogP contribution >= 0.6 is 0 Å². The number of benzene rings is 1. The first-order chi connectivity index (χ1) is 12.1. The molecule has 0 unspecified atom stereocenters. The Hall–Kier alpha value is -2.56. The van der Waals surface area contributed by atoms with Crippen molar-refractivity contribution in [1.82, 2.24) is 9.88 Å². The minimum atomic E-state index is 0.0208. The van der Waals surface area contributed by atoms with E-state index >= 15 is 0 Å². The summed E-state index contributed by atoms with van der Waals surface area (Å²) in [4.78, 5) is 32.6. The van der Waals surface area contributed by atoms with E-state index in [0.717, 1.165) is 42.8 Å². The van der Waals surface area contributed by atoms with E-state index in [0.29, 0.717) is 25.2 Å². The molecule has 1 aliphatic heterocycles. The van der Waals surface area contributed by atoms with Gasteiger partial charge in [0.05, 0.1) is 0 Å². The number of aromatic nitrogens is 1. The number of ketones is 1. The van der Waals surface area contributed by atoms with Gasteiger partial charge in [-0.15, -0.1) is 0 Å². The molecule has 1 aliphatic carbocycles. The second-order valence-electron chi connectivity index (χ2n) is 6.87. The number of anilines is 1. The average molecular weight is 337 g/mol. The molecule has 2 aliphatic rings. The first-order valence-corrected chi connectivity index (χ1v) is 8.99. The summed E-state index contributed by atoms with van der Waals surface area (Å²) in [7, 11) is 0. The maximum atomic E-state index is 13.0. The van der Waals surface area contributed by atoms with Crippen LogP contribution in [0.25, 0.3) is 0 Å². The van der Waals surface area contributed by atoms with E-state index in [1.165, 1.54) is 5.69 Å². The monoisotopic (exact) mass is 337 g/mol. The minimum absolute atomic E-state index is 0.0208. The molecule has 0 saturated carbocycles. The topological polar surface area (TPSA) is 56.4 Å². The van der Waals surface area contributed by atoms with Gasteiger partial charge in [0.1, 0.15) is 5.69 Å². The predicted molar refractivity (Wildman–Crippen MR) is 97.4 cm³/mol. The number of rotatable bonds is 2. The standard InChI is InChI=1S/C20H23N3O2/c1-14-18-16(8-5-9-17(18)24)21-19(14)20(25)23-12-10-22(11-13-23)15-6-3-2-4-7-15/h2-4,6-7,21H,5,8-13H2,1H3. The summed E-state index contributed by atoms with van der Waals surface area (Å²) in [5.41, 5.74) is 4.34. The average Bonchev–Trinajstić information content (AvgIpc) is 3.00. The summed E-state index contributed by atoms with van der Waals surface area (Å²) in [6, 6.07) is 10.3. The van der Waals surface area contributed by atoms with Crippen molar-refractivity contribution >= 4 is 17.4 Å². The van der Waals surface area contributed by atoms with Gasteiger partial charge in [0.15, 0.2) is 5.78 Å². The summed E-state index contributed by atoms with van der Waals surface area (Å²) in [5.74, 6) is 0.190. The van der Waals surface area contributed by atoms with Gasteiger partial charge in [0.25, 0.3) is 5.91 Å². The molecule has 1 fully saturated rings. The van der Waals surface area contributed by atoms with Crippen molar-refractivity contribution in [2.45, 2.75) is 26.2 Å². The largest absolute Gasteiger partial charge is 0.368 e. The highest BCUT2D eigenvalue weighted by Gasteiger charge is 2.29. The van der Waals surface area contributed by atoms with Gasteiger partial charge in [-0.3, -0.25) is 9.59 Å². The number of H-pyrrole nitrogens is 1. The summed E-state index contributed by atoms with van der Waals surface area (Å²) in [6.45, 7) is 4.95. The van der Waals surface area contributed by atoms with Crippen molar-refractivity contribution in [3.63, 3.8) is 0 Å². The lowest BCUT2D eigenvalue weighted by atomic mass is 9.93. The van der Waals surface area contributed by atoms with E-state index in [1.54, 1.807) is 0 Å². The van der Waals surface area contributed by atoms with Crippen LogP contribution in [-0.4, -0.2) is 47.8 Å². The van der Waals surface area contributed by atoms with E-state index in [9.17, 15) is 9.59 Å². The Morgan fingerprint density at radius 2 is 1.76 bits per heavy atom. The van der Waals surface area contributed by atoms with Gasteiger partial charge in [-0.05, 0) is 37.5 Å². The van der Waals surface area contributed by atoms with Gasteiger partial charge in [-0.2, -0.15) is 0 Å². The summed E-state index contributed by atoms with van der Waals surface area (Å²) < 4.78 is 0. The zero-order chi connectivity index (χ0) is 17.4. The molecule has 2 heterocycles. The number of para-hydroxylation sites is 1. The number of aromatic amines is 1. The van der Waals surface area contributed by atoms with Gasteiger partial charge < -0.3 is 14.8 Å². The van der Waals surface area contributed by atoms with Crippen molar-refractivity contribution in [2.24, 2.45) is 0 Å². The number of nitrogens with one attached hydrogen (secondary N) is 1. The van der Waals surface area contributed by atoms with E-state index in [1.807, 2.05) is 30.0 Å². The van der Waals surface area contributed by atoms with Crippen molar-refractivity contribution < 1.29 is 9.59 Å². The van der Waals surface area contributed by atoms with Crippen LogP contribution in [0.15, 0.2) is 30.3 Å². The fourth-order valence-corrected chi connectivity index (χ4v) is 3.95. The summed E-state index contributed by atoms with van der Waals surface area (Å²) >= 11 is 0. The number of nitrogens with zero attached hydrogens (tertiary/aromatic N) is 2. The second kappa shape index (κ2) is 6.39. The molecule has 0 bridgehead atoms. The van der Waals surface area contributed by atoms with Gasteiger partial charge >= 0.3 is 0 Å². The molecule has 0 radical (unpaired) electrons. The lowest BCUT2D eigenvalue weighted by Gasteiger charge is -2.36. The van der Waals surface area contributed by atoms with E-state index in [-0.39, 0.29) is 11.7 Å². The quantitative estimate of drug-likeness (QED) is 0.917. The highest BCUT2D eigenvalue weighted by Crippen LogP contribution is 2.27. The Balaban J connectivity index is 1.49. The third kappa shape index (κ3) is 2.84. The first-order valence-electron chi connectivity index (χ1n) is 8.99. The molecule has 1 N–H and O–H groups in total. The highest BCUT2D eigenvalue weighted by molar-refractivity contribution is 6.04. The number of amides is 1. The minimum Gasteiger partial charge on any atom is -0.368 e. The second-order valence-corrected chi connectivity index (χ2v) is 6.87. The molecule has 5 nitrogen and oxygen atoms in total. The van der Waals surface area contributed by atoms with E-state index in [2.05, 4.69) is 22.0 Å². The van der Waals surface area contributed by atoms with Crippen molar-refractivity contribution in [3.05, 3.63) is 52.8 Å². The van der Waals surface area contributed by atoms with E-state index < -0.39 is 0 Å². The molecule has 1 amide bonds. The van der Waals surface area contributed by atoms with Crippen LogP contribution in [0.1, 0.15) is 44.9 Å². The smallest absolute Gasteiger partial charge is 0.270 e. The Labute approximate surface area is 147 Å². The van der Waals surface area contributed by atoms with Gasteiger partial charge in [0, 0.05) is 49.5 Å². The molecule has 2 aromatic rings. The number of carbonyl (C=O) groups is 2. The number of hydrogen-bond acceptors (Lipinski definition) is 3. The number of piperazine rings is 1. The molecule has 1 saturated heterocycles. The number of fused-ring (bicyclic) bond motifs is 1. The number of carbonyl (C=O) groups excluding carboxylic acids is 2. The van der Waals surface area contributed by atoms with Crippen LogP contribution in [0.2, 0.25) is 0 Å². The fourth-order valence-electron chi connectivity index (χ4n) is 3.95. The molecule has 1 aromatic heterocycles. The Kier molecular flexibility index (Phi) is 4.07. The zero-order valence-corrected chi connectivity index (χ0v) is 14.5. The Bertz CT molecular complexity index is 802. The van der Waals surface area contributed by atoms with Crippen molar-refractivity contribution in [3.8, 4) is 0 Å². The molecule has 25 heavy (non-hydrogen) atoms. The maximum Gasteiger partial charge on any atom is 0.270 e.